The molecule has 4 unspecified atom stereocenters. The first-order valence-corrected chi connectivity index (χ1v) is 9.28. The number of urea groups is 1. The van der Waals surface area contributed by atoms with E-state index in [1.54, 1.807) is 0 Å². The van der Waals surface area contributed by atoms with Crippen molar-refractivity contribution in [2.45, 2.75) is 70.6 Å². The summed E-state index contributed by atoms with van der Waals surface area (Å²) in [7, 11) is 0. The van der Waals surface area contributed by atoms with Gasteiger partial charge in [0.25, 0.3) is 0 Å². The van der Waals surface area contributed by atoms with Crippen molar-refractivity contribution in [2.75, 3.05) is 6.61 Å². The van der Waals surface area contributed by atoms with Crippen LogP contribution in [0.3, 0.4) is 0 Å². The van der Waals surface area contributed by atoms with Crippen molar-refractivity contribution in [2.24, 2.45) is 11.3 Å². The first-order valence-electron chi connectivity index (χ1n) is 9.28. The maximum atomic E-state index is 12.5. The minimum atomic E-state index is -0.0450. The van der Waals surface area contributed by atoms with Crippen LogP contribution in [0.15, 0.2) is 6.07 Å². The zero-order valence-corrected chi connectivity index (χ0v) is 14.6. The molecular weight excluding hydrogens is 304 g/mol. The highest BCUT2D eigenvalue weighted by molar-refractivity contribution is 5.75. The fourth-order valence-corrected chi connectivity index (χ4v) is 5.25. The standard InChI is InChI=1S/C18H28N4O2/c1-11(9-13-10-12(2)21-22-13)19-17(23)20-15-14-5-8-24-16(14)18(15)6-3-4-7-18/h10-11,14-16H,3-9H2,1-2H3,(H,21,22)(H2,19,20,23). The molecule has 2 amide bonds. The number of aromatic nitrogens is 2. The zero-order valence-electron chi connectivity index (χ0n) is 14.6. The zero-order chi connectivity index (χ0) is 16.7. The van der Waals surface area contributed by atoms with Gasteiger partial charge in [-0.1, -0.05) is 12.8 Å². The highest BCUT2D eigenvalue weighted by Crippen LogP contribution is 2.60. The second kappa shape index (κ2) is 6.06. The molecule has 1 spiro atoms. The van der Waals surface area contributed by atoms with Crippen molar-refractivity contribution in [1.82, 2.24) is 20.8 Å². The summed E-state index contributed by atoms with van der Waals surface area (Å²) in [6, 6.07) is 2.32. The summed E-state index contributed by atoms with van der Waals surface area (Å²) in [5, 5.41) is 13.5. The van der Waals surface area contributed by atoms with E-state index in [9.17, 15) is 4.79 Å². The fraction of sp³-hybridized carbons (Fsp3) is 0.778. The monoisotopic (exact) mass is 332 g/mol. The Bertz CT molecular complexity index is 608. The molecular formula is C18H28N4O2. The Kier molecular flexibility index (Phi) is 4.03. The predicted molar refractivity (Wildman–Crippen MR) is 90.7 cm³/mol. The van der Waals surface area contributed by atoms with E-state index in [2.05, 4.69) is 20.8 Å². The molecule has 3 fully saturated rings. The van der Waals surface area contributed by atoms with Crippen LogP contribution in [0.4, 0.5) is 4.79 Å². The molecule has 4 atom stereocenters. The van der Waals surface area contributed by atoms with E-state index in [1.807, 2.05) is 19.9 Å². The SMILES string of the molecule is Cc1cc(CC(C)NC(=O)NC2C3CCOC3C23CCCC3)n[nH]1. The molecule has 2 saturated carbocycles. The smallest absolute Gasteiger partial charge is 0.315 e. The van der Waals surface area contributed by atoms with Gasteiger partial charge >= 0.3 is 6.03 Å². The van der Waals surface area contributed by atoms with E-state index < -0.39 is 0 Å². The number of hydrogen-bond acceptors (Lipinski definition) is 3. The van der Waals surface area contributed by atoms with E-state index in [0.29, 0.717) is 12.0 Å². The van der Waals surface area contributed by atoms with Crippen molar-refractivity contribution in [3.63, 3.8) is 0 Å². The van der Waals surface area contributed by atoms with Crippen LogP contribution in [0.25, 0.3) is 0 Å². The lowest BCUT2D eigenvalue weighted by molar-refractivity contribution is -0.126. The molecule has 1 aliphatic heterocycles. The number of nitrogens with zero attached hydrogens (tertiary/aromatic N) is 1. The Morgan fingerprint density at radius 3 is 3.00 bits per heavy atom. The van der Waals surface area contributed by atoms with Crippen LogP contribution in [-0.2, 0) is 11.2 Å². The number of rotatable bonds is 4. The average Bonchev–Trinajstić information content (AvgIpc) is 3.24. The second-order valence-corrected chi connectivity index (χ2v) is 7.93. The van der Waals surface area contributed by atoms with Crippen molar-refractivity contribution in [1.29, 1.82) is 0 Å². The van der Waals surface area contributed by atoms with Crippen LogP contribution in [0.2, 0.25) is 0 Å². The van der Waals surface area contributed by atoms with E-state index in [0.717, 1.165) is 30.8 Å². The molecule has 0 radical (unpaired) electrons. The number of hydrogen-bond donors (Lipinski definition) is 3. The number of ether oxygens (including phenoxy) is 1. The van der Waals surface area contributed by atoms with Gasteiger partial charge in [0.15, 0.2) is 0 Å². The summed E-state index contributed by atoms with van der Waals surface area (Å²) < 4.78 is 5.98. The summed E-state index contributed by atoms with van der Waals surface area (Å²) in [5.41, 5.74) is 2.24. The number of nitrogens with one attached hydrogen (secondary N) is 3. The van der Waals surface area contributed by atoms with Gasteiger partial charge in [-0.15, -0.1) is 0 Å². The summed E-state index contributed by atoms with van der Waals surface area (Å²) >= 11 is 0. The molecule has 3 aliphatic rings. The molecule has 1 saturated heterocycles. The Morgan fingerprint density at radius 2 is 2.29 bits per heavy atom. The van der Waals surface area contributed by atoms with Crippen LogP contribution >= 0.6 is 0 Å². The molecule has 4 rings (SSSR count). The number of carbonyl (C=O) groups excluding carboxylic acids is 1. The minimum absolute atomic E-state index is 0.0450. The fourth-order valence-electron chi connectivity index (χ4n) is 5.25. The first kappa shape index (κ1) is 15.9. The Hall–Kier alpha value is -1.56. The molecule has 132 valence electrons. The lowest BCUT2D eigenvalue weighted by Gasteiger charge is -2.56. The van der Waals surface area contributed by atoms with Gasteiger partial charge in [0.1, 0.15) is 0 Å². The molecule has 1 aromatic rings. The third kappa shape index (κ3) is 2.61. The summed E-state index contributed by atoms with van der Waals surface area (Å²) in [6.07, 6.45) is 7.13. The molecule has 24 heavy (non-hydrogen) atoms. The summed E-state index contributed by atoms with van der Waals surface area (Å²) in [5.74, 6) is 0.512. The van der Waals surface area contributed by atoms with Gasteiger partial charge in [0.2, 0.25) is 0 Å². The van der Waals surface area contributed by atoms with Gasteiger partial charge in [0.05, 0.1) is 11.8 Å². The van der Waals surface area contributed by atoms with E-state index in [-0.39, 0.29) is 23.5 Å². The molecule has 0 bridgehead atoms. The van der Waals surface area contributed by atoms with E-state index >= 15 is 0 Å². The molecule has 1 aromatic heterocycles. The molecule has 2 heterocycles. The normalized spacial score (nSPS) is 31.5. The third-order valence-corrected chi connectivity index (χ3v) is 6.22. The van der Waals surface area contributed by atoms with Crippen LogP contribution in [0, 0.1) is 18.3 Å². The number of H-pyrrole nitrogens is 1. The van der Waals surface area contributed by atoms with Crippen molar-refractivity contribution >= 4 is 6.03 Å². The molecule has 2 aliphatic carbocycles. The van der Waals surface area contributed by atoms with E-state index in [4.69, 9.17) is 4.74 Å². The van der Waals surface area contributed by atoms with Gasteiger partial charge in [-0.05, 0) is 39.2 Å². The molecule has 6 nitrogen and oxygen atoms in total. The molecule has 0 aromatic carbocycles. The number of amides is 2. The lowest BCUT2D eigenvalue weighted by Crippen LogP contribution is -2.69. The largest absolute Gasteiger partial charge is 0.377 e. The number of aryl methyl sites for hydroxylation is 1. The van der Waals surface area contributed by atoms with Gasteiger partial charge < -0.3 is 15.4 Å². The Balaban J connectivity index is 1.33. The number of fused-ring (bicyclic) bond motifs is 2. The maximum absolute atomic E-state index is 12.5. The maximum Gasteiger partial charge on any atom is 0.315 e. The van der Waals surface area contributed by atoms with Crippen molar-refractivity contribution in [3.05, 3.63) is 17.5 Å². The van der Waals surface area contributed by atoms with Gasteiger partial charge in [0, 0.05) is 42.1 Å². The topological polar surface area (TPSA) is 79.0 Å². The summed E-state index contributed by atoms with van der Waals surface area (Å²) in [6.45, 7) is 4.86. The van der Waals surface area contributed by atoms with Crippen LogP contribution < -0.4 is 10.6 Å². The average molecular weight is 332 g/mol. The minimum Gasteiger partial charge on any atom is -0.377 e. The predicted octanol–water partition coefficient (Wildman–Crippen LogP) is 2.30. The van der Waals surface area contributed by atoms with Crippen LogP contribution in [0.5, 0.6) is 0 Å². The number of aromatic amines is 1. The van der Waals surface area contributed by atoms with Crippen LogP contribution in [-0.4, -0.2) is 41.0 Å². The second-order valence-electron chi connectivity index (χ2n) is 7.93. The quantitative estimate of drug-likeness (QED) is 0.791. The molecule has 6 heteroatoms. The Labute approximate surface area is 143 Å². The van der Waals surface area contributed by atoms with Gasteiger partial charge in [-0.25, -0.2) is 4.79 Å². The van der Waals surface area contributed by atoms with E-state index in [1.165, 1.54) is 25.7 Å². The summed E-state index contributed by atoms with van der Waals surface area (Å²) in [4.78, 5) is 12.5. The third-order valence-electron chi connectivity index (χ3n) is 6.22. The lowest BCUT2D eigenvalue weighted by atomic mass is 9.54. The highest BCUT2D eigenvalue weighted by Gasteiger charge is 2.65. The van der Waals surface area contributed by atoms with Crippen LogP contribution in [0.1, 0.15) is 50.4 Å². The number of carbonyl (C=O) groups is 1. The van der Waals surface area contributed by atoms with Crippen molar-refractivity contribution < 1.29 is 9.53 Å². The first-order chi connectivity index (χ1) is 11.6. The Morgan fingerprint density at radius 1 is 1.50 bits per heavy atom. The molecule has 3 N–H and O–H groups in total. The van der Waals surface area contributed by atoms with Crippen molar-refractivity contribution in [3.8, 4) is 0 Å². The highest BCUT2D eigenvalue weighted by atomic mass is 16.5. The van der Waals surface area contributed by atoms with Gasteiger partial charge in [-0.2, -0.15) is 5.10 Å². The van der Waals surface area contributed by atoms with Gasteiger partial charge in [-0.3, -0.25) is 5.10 Å².